The third kappa shape index (κ3) is 7.26. The lowest BCUT2D eigenvalue weighted by atomic mass is 9.69. The van der Waals surface area contributed by atoms with E-state index in [2.05, 4.69) is 31.4 Å². The molecular formula is C21H40ClN3O2. The average Bonchev–Trinajstić information content (AvgIpc) is 2.64. The summed E-state index contributed by atoms with van der Waals surface area (Å²) in [6.45, 7) is 7.25. The fourth-order valence-electron chi connectivity index (χ4n) is 4.98. The van der Waals surface area contributed by atoms with Gasteiger partial charge < -0.3 is 16.4 Å². The minimum absolute atomic E-state index is 0. The van der Waals surface area contributed by atoms with Gasteiger partial charge in [-0.1, -0.05) is 46.5 Å². The summed E-state index contributed by atoms with van der Waals surface area (Å²) in [6.07, 6.45) is 9.30. The van der Waals surface area contributed by atoms with Crippen LogP contribution in [0.25, 0.3) is 0 Å². The number of hydrogen-bond acceptors (Lipinski definition) is 3. The predicted octanol–water partition coefficient (Wildman–Crippen LogP) is 3.26. The van der Waals surface area contributed by atoms with Gasteiger partial charge in [-0.2, -0.15) is 0 Å². The van der Waals surface area contributed by atoms with Crippen LogP contribution in [0.3, 0.4) is 0 Å². The van der Waals surface area contributed by atoms with Crippen LogP contribution in [-0.4, -0.2) is 30.9 Å². The predicted molar refractivity (Wildman–Crippen MR) is 113 cm³/mol. The molecule has 5 nitrogen and oxygen atoms in total. The summed E-state index contributed by atoms with van der Waals surface area (Å²) in [5, 5.41) is 6.25. The first-order valence-corrected chi connectivity index (χ1v) is 10.7. The Labute approximate surface area is 171 Å². The van der Waals surface area contributed by atoms with Crippen molar-refractivity contribution in [2.45, 2.75) is 78.2 Å². The monoisotopic (exact) mass is 401 g/mol. The van der Waals surface area contributed by atoms with Gasteiger partial charge in [0.25, 0.3) is 0 Å². The number of halogens is 1. The maximum atomic E-state index is 13.0. The molecule has 2 fully saturated rings. The molecule has 2 rings (SSSR count). The van der Waals surface area contributed by atoms with E-state index in [0.717, 1.165) is 25.7 Å². The molecule has 27 heavy (non-hydrogen) atoms. The van der Waals surface area contributed by atoms with Crippen molar-refractivity contribution in [1.29, 1.82) is 0 Å². The molecule has 2 amide bonds. The Hall–Kier alpha value is -0.810. The van der Waals surface area contributed by atoms with E-state index in [9.17, 15) is 9.59 Å². The summed E-state index contributed by atoms with van der Waals surface area (Å²) in [6, 6.07) is 0.00816. The highest BCUT2D eigenvalue weighted by Gasteiger charge is 2.36. The Morgan fingerprint density at radius 1 is 1.07 bits per heavy atom. The number of carbonyl (C=O) groups is 2. The van der Waals surface area contributed by atoms with Crippen LogP contribution in [0.2, 0.25) is 0 Å². The fourth-order valence-corrected chi connectivity index (χ4v) is 4.98. The first kappa shape index (κ1) is 24.2. The summed E-state index contributed by atoms with van der Waals surface area (Å²) in [4.78, 5) is 24.8. The molecule has 0 aromatic heterocycles. The third-order valence-electron chi connectivity index (χ3n) is 6.61. The van der Waals surface area contributed by atoms with Crippen molar-refractivity contribution in [2.24, 2.45) is 35.3 Å². The minimum atomic E-state index is -0.124. The molecule has 2 aliphatic rings. The molecule has 0 bridgehead atoms. The SMILES string of the molecule is CC(C)[C@@H]1CC[C@@H](C)C[C@H]1C(=O)NCC(NC(=O)CN)C1CCCCC1.Cl. The second-order valence-electron chi connectivity index (χ2n) is 8.95. The van der Waals surface area contributed by atoms with E-state index in [0.29, 0.717) is 30.2 Å². The van der Waals surface area contributed by atoms with E-state index < -0.39 is 0 Å². The Kier molecular flexibility index (Phi) is 10.7. The Bertz CT molecular complexity index is 466. The van der Waals surface area contributed by atoms with E-state index in [1.165, 1.54) is 25.7 Å². The van der Waals surface area contributed by atoms with Gasteiger partial charge in [-0.3, -0.25) is 9.59 Å². The van der Waals surface area contributed by atoms with E-state index in [-0.39, 0.29) is 42.7 Å². The zero-order chi connectivity index (χ0) is 19.1. The van der Waals surface area contributed by atoms with Crippen LogP contribution in [-0.2, 0) is 9.59 Å². The van der Waals surface area contributed by atoms with E-state index in [4.69, 9.17) is 5.73 Å². The highest BCUT2D eigenvalue weighted by atomic mass is 35.5. The maximum absolute atomic E-state index is 13.0. The lowest BCUT2D eigenvalue weighted by Crippen LogP contribution is -2.51. The van der Waals surface area contributed by atoms with Crippen molar-refractivity contribution in [3.63, 3.8) is 0 Å². The Balaban J connectivity index is 0.00000364. The van der Waals surface area contributed by atoms with Crippen molar-refractivity contribution >= 4 is 24.2 Å². The lowest BCUT2D eigenvalue weighted by Gasteiger charge is -2.37. The van der Waals surface area contributed by atoms with Crippen molar-refractivity contribution in [2.75, 3.05) is 13.1 Å². The lowest BCUT2D eigenvalue weighted by molar-refractivity contribution is -0.130. The van der Waals surface area contributed by atoms with Crippen LogP contribution in [0.4, 0.5) is 0 Å². The molecule has 6 heteroatoms. The zero-order valence-corrected chi connectivity index (χ0v) is 18.2. The molecule has 1 unspecified atom stereocenters. The molecule has 0 aliphatic heterocycles. The molecule has 0 aromatic rings. The van der Waals surface area contributed by atoms with Gasteiger partial charge >= 0.3 is 0 Å². The summed E-state index contributed by atoms with van der Waals surface area (Å²) < 4.78 is 0. The summed E-state index contributed by atoms with van der Waals surface area (Å²) in [7, 11) is 0. The Morgan fingerprint density at radius 3 is 2.33 bits per heavy atom. The van der Waals surface area contributed by atoms with Gasteiger partial charge in [-0.15, -0.1) is 12.4 Å². The molecule has 4 N–H and O–H groups in total. The van der Waals surface area contributed by atoms with Crippen LogP contribution >= 0.6 is 12.4 Å². The molecular weight excluding hydrogens is 362 g/mol. The molecule has 0 heterocycles. The van der Waals surface area contributed by atoms with Gasteiger partial charge in [0.05, 0.1) is 6.54 Å². The highest BCUT2D eigenvalue weighted by molar-refractivity contribution is 5.85. The number of carbonyl (C=O) groups excluding carboxylic acids is 2. The van der Waals surface area contributed by atoms with Crippen molar-refractivity contribution in [3.05, 3.63) is 0 Å². The first-order chi connectivity index (χ1) is 12.4. The van der Waals surface area contributed by atoms with Crippen LogP contribution < -0.4 is 16.4 Å². The van der Waals surface area contributed by atoms with Crippen molar-refractivity contribution in [3.8, 4) is 0 Å². The summed E-state index contributed by atoms with van der Waals surface area (Å²) in [5.74, 6) is 2.23. The van der Waals surface area contributed by atoms with E-state index >= 15 is 0 Å². The van der Waals surface area contributed by atoms with Crippen molar-refractivity contribution < 1.29 is 9.59 Å². The van der Waals surface area contributed by atoms with Gasteiger partial charge in [0.15, 0.2) is 0 Å². The molecule has 158 valence electrons. The van der Waals surface area contributed by atoms with Crippen molar-refractivity contribution in [1.82, 2.24) is 10.6 Å². The largest absolute Gasteiger partial charge is 0.354 e. The van der Waals surface area contributed by atoms with Gasteiger partial charge in [0, 0.05) is 18.5 Å². The van der Waals surface area contributed by atoms with Gasteiger partial charge in [0.2, 0.25) is 11.8 Å². The highest BCUT2D eigenvalue weighted by Crippen LogP contribution is 2.38. The maximum Gasteiger partial charge on any atom is 0.234 e. The van der Waals surface area contributed by atoms with Crippen LogP contribution in [0.15, 0.2) is 0 Å². The Morgan fingerprint density at radius 2 is 1.74 bits per heavy atom. The van der Waals surface area contributed by atoms with Crippen LogP contribution in [0.5, 0.6) is 0 Å². The number of hydrogen-bond donors (Lipinski definition) is 3. The van der Waals surface area contributed by atoms with E-state index in [1.807, 2.05) is 0 Å². The van der Waals surface area contributed by atoms with Gasteiger partial charge in [-0.05, 0) is 49.4 Å². The standard InChI is InChI=1S/C21H39N3O2.ClH/c1-14(2)17-10-9-15(3)11-18(17)21(26)23-13-19(24-20(25)12-22)16-7-5-4-6-8-16;/h14-19H,4-13,22H2,1-3H3,(H,23,26)(H,24,25);1H/t15-,17+,18-,19?;/m1./s1. The third-order valence-corrected chi connectivity index (χ3v) is 6.61. The molecule has 0 aromatic carbocycles. The number of amides is 2. The minimum Gasteiger partial charge on any atom is -0.354 e. The molecule has 2 saturated carbocycles. The normalized spacial score (nSPS) is 27.5. The fraction of sp³-hybridized carbons (Fsp3) is 0.905. The molecule has 4 atom stereocenters. The summed E-state index contributed by atoms with van der Waals surface area (Å²) in [5.41, 5.74) is 5.49. The first-order valence-electron chi connectivity index (χ1n) is 10.7. The number of nitrogens with one attached hydrogen (secondary N) is 2. The zero-order valence-electron chi connectivity index (χ0n) is 17.3. The molecule has 0 saturated heterocycles. The topological polar surface area (TPSA) is 84.2 Å². The van der Waals surface area contributed by atoms with Gasteiger partial charge in [0.1, 0.15) is 0 Å². The molecule has 0 spiro atoms. The van der Waals surface area contributed by atoms with Gasteiger partial charge in [-0.25, -0.2) is 0 Å². The summed E-state index contributed by atoms with van der Waals surface area (Å²) >= 11 is 0. The molecule has 0 radical (unpaired) electrons. The number of nitrogens with two attached hydrogens (primary N) is 1. The second kappa shape index (κ2) is 11.9. The number of rotatable bonds is 7. The van der Waals surface area contributed by atoms with E-state index in [1.54, 1.807) is 0 Å². The quantitative estimate of drug-likeness (QED) is 0.612. The smallest absolute Gasteiger partial charge is 0.234 e. The second-order valence-corrected chi connectivity index (χ2v) is 8.95. The van der Waals surface area contributed by atoms with Crippen LogP contribution in [0.1, 0.15) is 72.1 Å². The van der Waals surface area contributed by atoms with Crippen LogP contribution in [0, 0.1) is 29.6 Å². The molecule has 2 aliphatic carbocycles. The average molecular weight is 402 g/mol.